The van der Waals surface area contributed by atoms with Crippen molar-refractivity contribution in [1.29, 1.82) is 0 Å². The van der Waals surface area contributed by atoms with E-state index in [4.69, 9.17) is 0 Å². The smallest absolute Gasteiger partial charge is 0.243 e. The number of piperidine rings is 1. The second kappa shape index (κ2) is 8.16. The lowest BCUT2D eigenvalue weighted by Gasteiger charge is -2.32. The summed E-state index contributed by atoms with van der Waals surface area (Å²) in [7, 11) is -1.95. The maximum absolute atomic E-state index is 13.1. The van der Waals surface area contributed by atoms with Crippen LogP contribution in [0.1, 0.15) is 12.8 Å². The zero-order valence-corrected chi connectivity index (χ0v) is 17.5. The predicted molar refractivity (Wildman–Crippen MR) is 115 cm³/mol. The normalized spacial score (nSPS) is 15.9. The van der Waals surface area contributed by atoms with Gasteiger partial charge in [0.15, 0.2) is 0 Å². The van der Waals surface area contributed by atoms with Crippen LogP contribution in [0.15, 0.2) is 71.6 Å². The molecule has 0 unspecified atom stereocenters. The number of hydrogen-bond donors (Lipinski definition) is 0. The molecule has 1 aliphatic heterocycles. The number of carbonyl (C=O) groups is 1. The molecule has 1 fully saturated rings. The molecule has 0 N–H and O–H groups in total. The van der Waals surface area contributed by atoms with Crippen LogP contribution in [-0.4, -0.2) is 38.8 Å². The lowest BCUT2D eigenvalue weighted by atomic mass is 9.96. The topological polar surface area (TPSA) is 57.7 Å². The molecule has 0 aromatic heterocycles. The highest BCUT2D eigenvalue weighted by Gasteiger charge is 2.33. The average Bonchev–Trinajstić information content (AvgIpc) is 2.78. The maximum atomic E-state index is 13.1. The van der Waals surface area contributed by atoms with Gasteiger partial charge in [0.25, 0.3) is 0 Å². The van der Waals surface area contributed by atoms with Crippen molar-refractivity contribution in [2.45, 2.75) is 17.7 Å². The molecule has 5 nitrogen and oxygen atoms in total. The highest BCUT2D eigenvalue weighted by Crippen LogP contribution is 2.28. The molecule has 0 radical (unpaired) electrons. The van der Waals surface area contributed by atoms with E-state index >= 15 is 0 Å². The van der Waals surface area contributed by atoms with Gasteiger partial charge in [0, 0.05) is 31.7 Å². The lowest BCUT2D eigenvalue weighted by Crippen LogP contribution is -2.43. The van der Waals surface area contributed by atoms with Gasteiger partial charge in [-0.3, -0.25) is 4.79 Å². The minimum Gasteiger partial charge on any atom is -0.315 e. The molecule has 1 aliphatic rings. The molecule has 0 atom stereocenters. The Labute approximate surface area is 175 Å². The van der Waals surface area contributed by atoms with E-state index in [9.17, 15) is 17.6 Å². The van der Waals surface area contributed by atoms with Gasteiger partial charge in [-0.05, 0) is 60.0 Å². The number of halogens is 1. The maximum Gasteiger partial charge on any atom is 0.243 e. The minimum atomic E-state index is -3.61. The number of fused-ring (bicyclic) bond motifs is 1. The van der Waals surface area contributed by atoms with Crippen LogP contribution in [0.4, 0.5) is 10.1 Å². The van der Waals surface area contributed by atoms with E-state index in [1.807, 2.05) is 30.3 Å². The van der Waals surface area contributed by atoms with E-state index in [1.165, 1.54) is 21.3 Å². The number of hydrogen-bond acceptors (Lipinski definition) is 3. The molecule has 4 rings (SSSR count). The van der Waals surface area contributed by atoms with Gasteiger partial charge >= 0.3 is 0 Å². The fraction of sp³-hybridized carbons (Fsp3) is 0.261. The molecule has 7 heteroatoms. The molecule has 0 spiro atoms. The van der Waals surface area contributed by atoms with Gasteiger partial charge in [0.1, 0.15) is 5.82 Å². The van der Waals surface area contributed by atoms with E-state index in [0.29, 0.717) is 31.6 Å². The summed E-state index contributed by atoms with van der Waals surface area (Å²) in [6, 6.07) is 18.5. The SMILES string of the molecule is CN(C(=O)C1CCN(S(=O)(=O)c2ccc3ccccc3c2)CC1)c1ccc(F)cc1. The number of amides is 1. The largest absolute Gasteiger partial charge is 0.315 e. The third-order valence-electron chi connectivity index (χ3n) is 5.71. The number of benzene rings is 3. The predicted octanol–water partition coefficient (Wildman–Crippen LogP) is 4.04. The van der Waals surface area contributed by atoms with Crippen LogP contribution in [0.2, 0.25) is 0 Å². The Kier molecular flexibility index (Phi) is 5.58. The molecule has 30 heavy (non-hydrogen) atoms. The van der Waals surface area contributed by atoms with Crippen LogP contribution in [0.3, 0.4) is 0 Å². The summed E-state index contributed by atoms with van der Waals surface area (Å²) < 4.78 is 40.8. The van der Waals surface area contributed by atoms with Gasteiger partial charge in [0.2, 0.25) is 15.9 Å². The third kappa shape index (κ3) is 3.95. The Balaban J connectivity index is 1.45. The molecule has 1 heterocycles. The fourth-order valence-electron chi connectivity index (χ4n) is 3.89. The van der Waals surface area contributed by atoms with Crippen LogP contribution in [0.5, 0.6) is 0 Å². The molecule has 0 saturated carbocycles. The number of sulfonamides is 1. The quantitative estimate of drug-likeness (QED) is 0.633. The van der Waals surface area contributed by atoms with Crippen LogP contribution < -0.4 is 4.90 Å². The van der Waals surface area contributed by atoms with Crippen molar-refractivity contribution in [2.24, 2.45) is 5.92 Å². The molecule has 1 amide bonds. The first kappa shape index (κ1) is 20.5. The first-order chi connectivity index (χ1) is 14.4. The molecule has 156 valence electrons. The van der Waals surface area contributed by atoms with E-state index in [0.717, 1.165) is 10.8 Å². The molecule has 3 aromatic carbocycles. The van der Waals surface area contributed by atoms with Gasteiger partial charge in [-0.2, -0.15) is 4.31 Å². The summed E-state index contributed by atoms with van der Waals surface area (Å²) in [5, 5.41) is 1.87. The van der Waals surface area contributed by atoms with Crippen LogP contribution in [0, 0.1) is 11.7 Å². The Bertz CT molecular complexity index is 1170. The van der Waals surface area contributed by atoms with E-state index in [1.54, 1.807) is 31.3 Å². The van der Waals surface area contributed by atoms with Gasteiger partial charge in [-0.25, -0.2) is 12.8 Å². The highest BCUT2D eigenvalue weighted by molar-refractivity contribution is 7.89. The van der Waals surface area contributed by atoms with Gasteiger partial charge in [-0.15, -0.1) is 0 Å². The van der Waals surface area contributed by atoms with E-state index in [2.05, 4.69) is 0 Å². The standard InChI is InChI=1S/C23H23FN2O3S/c1-25(21-9-7-20(24)8-10-21)23(27)18-12-14-26(15-13-18)30(28,29)22-11-6-17-4-2-3-5-19(17)16-22/h2-11,16,18H,12-15H2,1H3. The Morgan fingerprint density at radius 3 is 2.27 bits per heavy atom. The Hall–Kier alpha value is -2.77. The first-order valence-electron chi connectivity index (χ1n) is 9.88. The van der Waals surface area contributed by atoms with E-state index in [-0.39, 0.29) is 22.5 Å². The van der Waals surface area contributed by atoms with Gasteiger partial charge in [-0.1, -0.05) is 30.3 Å². The van der Waals surface area contributed by atoms with Crippen LogP contribution >= 0.6 is 0 Å². The van der Waals surface area contributed by atoms with Crippen molar-refractivity contribution >= 4 is 32.4 Å². The second-order valence-electron chi connectivity index (χ2n) is 7.56. The number of rotatable bonds is 4. The van der Waals surface area contributed by atoms with Crippen molar-refractivity contribution < 1.29 is 17.6 Å². The summed E-state index contributed by atoms with van der Waals surface area (Å²) in [5.41, 5.74) is 0.618. The summed E-state index contributed by atoms with van der Waals surface area (Å²) in [6.45, 7) is 0.589. The van der Waals surface area contributed by atoms with E-state index < -0.39 is 10.0 Å². The number of anilines is 1. The number of carbonyl (C=O) groups excluding carboxylic acids is 1. The van der Waals surface area contributed by atoms with Crippen molar-refractivity contribution in [3.63, 3.8) is 0 Å². The average molecular weight is 427 g/mol. The summed E-state index contributed by atoms with van der Waals surface area (Å²) in [5.74, 6) is -0.695. The molecule has 3 aromatic rings. The first-order valence-corrected chi connectivity index (χ1v) is 11.3. The molecule has 0 aliphatic carbocycles. The van der Waals surface area contributed by atoms with Crippen molar-refractivity contribution in [1.82, 2.24) is 4.31 Å². The monoisotopic (exact) mass is 426 g/mol. The molecule has 1 saturated heterocycles. The fourth-order valence-corrected chi connectivity index (χ4v) is 5.39. The summed E-state index contributed by atoms with van der Waals surface area (Å²) >= 11 is 0. The van der Waals surface area contributed by atoms with Crippen molar-refractivity contribution in [3.8, 4) is 0 Å². The summed E-state index contributed by atoms with van der Waals surface area (Å²) in [6.07, 6.45) is 0.911. The van der Waals surface area contributed by atoms with Crippen LogP contribution in [-0.2, 0) is 14.8 Å². The van der Waals surface area contributed by atoms with Gasteiger partial charge < -0.3 is 4.90 Å². The summed E-state index contributed by atoms with van der Waals surface area (Å²) in [4.78, 5) is 14.6. The number of nitrogens with zero attached hydrogens (tertiary/aromatic N) is 2. The Morgan fingerprint density at radius 2 is 1.60 bits per heavy atom. The minimum absolute atomic E-state index is 0.0793. The molecule has 0 bridgehead atoms. The molecular weight excluding hydrogens is 403 g/mol. The van der Waals surface area contributed by atoms with Crippen LogP contribution in [0.25, 0.3) is 10.8 Å². The molecular formula is C23H23FN2O3S. The Morgan fingerprint density at radius 1 is 0.967 bits per heavy atom. The van der Waals surface area contributed by atoms with Crippen molar-refractivity contribution in [2.75, 3.05) is 25.0 Å². The second-order valence-corrected chi connectivity index (χ2v) is 9.50. The third-order valence-corrected chi connectivity index (χ3v) is 7.60. The lowest BCUT2D eigenvalue weighted by molar-refractivity contribution is -0.123. The van der Waals surface area contributed by atoms with Crippen molar-refractivity contribution in [3.05, 3.63) is 72.5 Å². The zero-order chi connectivity index (χ0) is 21.3. The highest BCUT2D eigenvalue weighted by atomic mass is 32.2. The van der Waals surface area contributed by atoms with Gasteiger partial charge in [0.05, 0.1) is 4.90 Å². The zero-order valence-electron chi connectivity index (χ0n) is 16.7.